The molecule has 1 aliphatic rings. The van der Waals surface area contributed by atoms with Crippen LogP contribution in [0.1, 0.15) is 44.1 Å². The standard InChI is InChI=1S/C15H23NO/c1-2-17-15-7-5-13(6-8-15)14-4-3-12(11-14)9-10-16/h5-8,12,14H,2-4,9-11,16H2,1H3. The molecule has 1 aromatic carbocycles. The summed E-state index contributed by atoms with van der Waals surface area (Å²) in [4.78, 5) is 0. The largest absolute Gasteiger partial charge is 0.494 e. The molecule has 0 bridgehead atoms. The average Bonchev–Trinajstić information content (AvgIpc) is 2.80. The normalized spacial score (nSPS) is 23.9. The van der Waals surface area contributed by atoms with Crippen LogP contribution in [0.25, 0.3) is 0 Å². The highest BCUT2D eigenvalue weighted by Gasteiger charge is 2.24. The number of hydrogen-bond donors (Lipinski definition) is 1. The van der Waals surface area contributed by atoms with Crippen molar-refractivity contribution in [2.45, 2.75) is 38.5 Å². The lowest BCUT2D eigenvalue weighted by atomic mass is 9.95. The Morgan fingerprint density at radius 1 is 1.24 bits per heavy atom. The lowest BCUT2D eigenvalue weighted by Crippen LogP contribution is -2.05. The minimum absolute atomic E-state index is 0.737. The monoisotopic (exact) mass is 233 g/mol. The van der Waals surface area contributed by atoms with E-state index in [2.05, 4.69) is 24.3 Å². The third-order valence-electron chi connectivity index (χ3n) is 3.78. The molecule has 2 atom stereocenters. The fourth-order valence-corrected chi connectivity index (χ4v) is 2.88. The van der Waals surface area contributed by atoms with Gasteiger partial charge in [0.2, 0.25) is 0 Å². The zero-order valence-electron chi connectivity index (χ0n) is 10.7. The third-order valence-corrected chi connectivity index (χ3v) is 3.78. The predicted molar refractivity (Wildman–Crippen MR) is 71.4 cm³/mol. The Morgan fingerprint density at radius 3 is 2.65 bits per heavy atom. The SMILES string of the molecule is CCOc1ccc(C2CCC(CCN)C2)cc1. The molecule has 1 aromatic rings. The number of benzene rings is 1. The molecule has 2 N–H and O–H groups in total. The topological polar surface area (TPSA) is 35.2 Å². The van der Waals surface area contributed by atoms with Gasteiger partial charge in [0.15, 0.2) is 0 Å². The van der Waals surface area contributed by atoms with Gasteiger partial charge in [-0.15, -0.1) is 0 Å². The second kappa shape index (κ2) is 6.06. The maximum atomic E-state index is 5.63. The molecule has 1 saturated carbocycles. The van der Waals surface area contributed by atoms with Crippen LogP contribution in [0.3, 0.4) is 0 Å². The van der Waals surface area contributed by atoms with Gasteiger partial charge in [-0.2, -0.15) is 0 Å². The van der Waals surface area contributed by atoms with E-state index in [-0.39, 0.29) is 0 Å². The van der Waals surface area contributed by atoms with Crippen LogP contribution < -0.4 is 10.5 Å². The first kappa shape index (κ1) is 12.4. The van der Waals surface area contributed by atoms with Gasteiger partial charge in [-0.3, -0.25) is 0 Å². The summed E-state index contributed by atoms with van der Waals surface area (Å²) in [7, 11) is 0. The molecule has 0 amide bonds. The van der Waals surface area contributed by atoms with Crippen LogP contribution >= 0.6 is 0 Å². The number of hydrogen-bond acceptors (Lipinski definition) is 2. The molecule has 0 aromatic heterocycles. The summed E-state index contributed by atoms with van der Waals surface area (Å²) in [5.41, 5.74) is 7.09. The van der Waals surface area contributed by atoms with Crippen molar-refractivity contribution >= 4 is 0 Å². The second-order valence-corrected chi connectivity index (χ2v) is 4.96. The first-order chi connectivity index (χ1) is 8.33. The number of rotatable bonds is 5. The van der Waals surface area contributed by atoms with Crippen LogP contribution in [0.5, 0.6) is 5.75 Å². The van der Waals surface area contributed by atoms with Crippen molar-refractivity contribution < 1.29 is 4.74 Å². The van der Waals surface area contributed by atoms with Gasteiger partial charge in [-0.25, -0.2) is 0 Å². The van der Waals surface area contributed by atoms with Crippen LogP contribution in [0, 0.1) is 5.92 Å². The van der Waals surface area contributed by atoms with E-state index in [4.69, 9.17) is 10.5 Å². The van der Waals surface area contributed by atoms with Gasteiger partial charge in [-0.05, 0) is 68.7 Å². The zero-order valence-corrected chi connectivity index (χ0v) is 10.7. The van der Waals surface area contributed by atoms with Crippen LogP contribution in [-0.2, 0) is 0 Å². The van der Waals surface area contributed by atoms with Crippen LogP contribution in [0.15, 0.2) is 24.3 Å². The lowest BCUT2D eigenvalue weighted by Gasteiger charge is -2.12. The molecule has 17 heavy (non-hydrogen) atoms. The number of ether oxygens (including phenoxy) is 1. The smallest absolute Gasteiger partial charge is 0.119 e. The Morgan fingerprint density at radius 2 is 2.00 bits per heavy atom. The Labute approximate surface area is 104 Å². The molecule has 2 nitrogen and oxygen atoms in total. The van der Waals surface area contributed by atoms with E-state index >= 15 is 0 Å². The maximum Gasteiger partial charge on any atom is 0.119 e. The predicted octanol–water partition coefficient (Wildman–Crippen LogP) is 3.32. The molecule has 1 aliphatic carbocycles. The Kier molecular flexibility index (Phi) is 4.43. The van der Waals surface area contributed by atoms with Crippen molar-refractivity contribution in [2.75, 3.05) is 13.2 Å². The number of nitrogens with two attached hydrogens (primary N) is 1. The van der Waals surface area contributed by atoms with Gasteiger partial charge in [0.1, 0.15) is 5.75 Å². The molecule has 0 spiro atoms. The van der Waals surface area contributed by atoms with Crippen molar-refractivity contribution in [3.63, 3.8) is 0 Å². The average molecular weight is 233 g/mol. The highest BCUT2D eigenvalue weighted by atomic mass is 16.5. The molecule has 94 valence electrons. The Hall–Kier alpha value is -1.02. The van der Waals surface area contributed by atoms with Crippen molar-refractivity contribution in [1.29, 1.82) is 0 Å². The summed E-state index contributed by atoms with van der Waals surface area (Å²) >= 11 is 0. The molecule has 1 fully saturated rings. The van der Waals surface area contributed by atoms with Crippen LogP contribution in [0.2, 0.25) is 0 Å². The van der Waals surface area contributed by atoms with Crippen molar-refractivity contribution in [2.24, 2.45) is 11.7 Å². The van der Waals surface area contributed by atoms with E-state index in [0.717, 1.165) is 30.7 Å². The summed E-state index contributed by atoms with van der Waals surface area (Å²) in [6, 6.07) is 8.63. The minimum atomic E-state index is 0.737. The molecular weight excluding hydrogens is 210 g/mol. The highest BCUT2D eigenvalue weighted by molar-refractivity contribution is 5.30. The van der Waals surface area contributed by atoms with Gasteiger partial charge in [0.25, 0.3) is 0 Å². The molecule has 2 heteroatoms. The molecular formula is C15H23NO. The van der Waals surface area contributed by atoms with E-state index in [1.165, 1.54) is 31.2 Å². The molecule has 0 aliphatic heterocycles. The minimum Gasteiger partial charge on any atom is -0.494 e. The molecule has 2 unspecified atom stereocenters. The van der Waals surface area contributed by atoms with Crippen molar-refractivity contribution in [3.8, 4) is 5.75 Å². The Bertz CT molecular complexity index is 333. The van der Waals surface area contributed by atoms with Gasteiger partial charge in [-0.1, -0.05) is 12.1 Å². The summed E-state index contributed by atoms with van der Waals surface area (Å²) in [6.45, 7) is 3.59. The van der Waals surface area contributed by atoms with Crippen LogP contribution in [0.4, 0.5) is 0 Å². The van der Waals surface area contributed by atoms with E-state index in [1.807, 2.05) is 6.92 Å². The highest BCUT2D eigenvalue weighted by Crippen LogP contribution is 2.39. The Balaban J connectivity index is 1.94. The maximum absolute atomic E-state index is 5.63. The van der Waals surface area contributed by atoms with E-state index in [0.29, 0.717) is 0 Å². The fourth-order valence-electron chi connectivity index (χ4n) is 2.88. The third kappa shape index (κ3) is 3.22. The lowest BCUT2D eigenvalue weighted by molar-refractivity contribution is 0.340. The van der Waals surface area contributed by atoms with Gasteiger partial charge < -0.3 is 10.5 Å². The van der Waals surface area contributed by atoms with Crippen molar-refractivity contribution in [3.05, 3.63) is 29.8 Å². The molecule has 0 radical (unpaired) electrons. The van der Waals surface area contributed by atoms with Gasteiger partial charge >= 0.3 is 0 Å². The van der Waals surface area contributed by atoms with Crippen LogP contribution in [-0.4, -0.2) is 13.2 Å². The van der Waals surface area contributed by atoms with E-state index in [9.17, 15) is 0 Å². The zero-order chi connectivity index (χ0) is 12.1. The summed E-state index contributed by atoms with van der Waals surface area (Å²) in [5, 5.41) is 0. The van der Waals surface area contributed by atoms with Gasteiger partial charge in [0.05, 0.1) is 6.61 Å². The van der Waals surface area contributed by atoms with E-state index in [1.54, 1.807) is 0 Å². The fraction of sp³-hybridized carbons (Fsp3) is 0.600. The summed E-state index contributed by atoms with van der Waals surface area (Å²) in [6.07, 6.45) is 5.16. The second-order valence-electron chi connectivity index (χ2n) is 4.96. The van der Waals surface area contributed by atoms with E-state index < -0.39 is 0 Å². The molecule has 0 saturated heterocycles. The quantitative estimate of drug-likeness (QED) is 0.846. The summed E-state index contributed by atoms with van der Waals surface area (Å²) in [5.74, 6) is 2.56. The first-order valence-corrected chi connectivity index (χ1v) is 6.76. The first-order valence-electron chi connectivity index (χ1n) is 6.76. The molecule has 2 rings (SSSR count). The van der Waals surface area contributed by atoms with Crippen molar-refractivity contribution in [1.82, 2.24) is 0 Å². The van der Waals surface area contributed by atoms with Gasteiger partial charge in [0, 0.05) is 0 Å². The molecule has 0 heterocycles. The summed E-state index contributed by atoms with van der Waals surface area (Å²) < 4.78 is 5.47.